The number of nitrogens with zero attached hydrogens (tertiary/aromatic N) is 6. The first kappa shape index (κ1) is 26.5. The van der Waals surface area contributed by atoms with E-state index < -0.39 is 0 Å². The summed E-state index contributed by atoms with van der Waals surface area (Å²) >= 11 is 4.56. The number of thioether (sulfide) groups is 1. The van der Waals surface area contributed by atoms with Crippen molar-refractivity contribution in [1.29, 1.82) is 0 Å². The second-order valence-electron chi connectivity index (χ2n) is 7.81. The summed E-state index contributed by atoms with van der Waals surface area (Å²) in [6.07, 6.45) is 1.56. The van der Waals surface area contributed by atoms with Gasteiger partial charge < -0.3 is 20.9 Å². The lowest BCUT2D eigenvalue weighted by Crippen LogP contribution is -2.19. The van der Waals surface area contributed by atoms with Gasteiger partial charge in [0.2, 0.25) is 5.13 Å². The first-order valence-electron chi connectivity index (χ1n) is 11.3. The van der Waals surface area contributed by atoms with E-state index in [2.05, 4.69) is 30.4 Å². The van der Waals surface area contributed by atoms with E-state index in [1.807, 2.05) is 62.4 Å². The Balaban J connectivity index is 1.16. The zero-order chi connectivity index (χ0) is 26.0. The maximum Gasteiger partial charge on any atom is 0.301 e. The molecule has 192 valence electrons. The van der Waals surface area contributed by atoms with Crippen molar-refractivity contribution in [3.05, 3.63) is 69.7 Å². The molecule has 4 aromatic rings. The molecule has 0 bridgehead atoms. The molecule has 0 radical (unpaired) electrons. The molecule has 0 aliphatic rings. The highest BCUT2D eigenvalue weighted by Gasteiger charge is 2.09. The first-order chi connectivity index (χ1) is 17.9. The van der Waals surface area contributed by atoms with Crippen molar-refractivity contribution >= 4 is 57.3 Å². The lowest BCUT2D eigenvalue weighted by Gasteiger charge is -2.03. The van der Waals surface area contributed by atoms with E-state index in [0.717, 1.165) is 51.2 Å². The van der Waals surface area contributed by atoms with Crippen LogP contribution in [0.5, 0.6) is 10.9 Å². The van der Waals surface area contributed by atoms with Crippen LogP contribution in [0.1, 0.15) is 21.1 Å². The summed E-state index contributed by atoms with van der Waals surface area (Å²) in [6.45, 7) is 4.02. The number of amidine groups is 2. The molecule has 2 heterocycles. The van der Waals surface area contributed by atoms with Crippen molar-refractivity contribution in [2.45, 2.75) is 26.7 Å². The topological polar surface area (TPSA) is 147 Å². The second kappa shape index (κ2) is 13.1. The van der Waals surface area contributed by atoms with Crippen LogP contribution < -0.4 is 20.9 Å². The van der Waals surface area contributed by atoms with Crippen molar-refractivity contribution in [2.24, 2.45) is 21.5 Å². The average Bonchev–Trinajstić information content (AvgIpc) is 3.51. The molecule has 10 nitrogen and oxygen atoms in total. The minimum absolute atomic E-state index is 0.0320. The molecule has 0 spiro atoms. The molecule has 0 aliphatic carbocycles. The maximum atomic E-state index is 5.88. The minimum Gasteiger partial charge on any atom is -0.426 e. The number of aliphatic imine (C=N–C) groups is 2. The molecular formula is C24H26N8O2S3. The summed E-state index contributed by atoms with van der Waals surface area (Å²) in [5.74, 6) is 2.41. The number of benzene rings is 2. The number of aryl methyl sites for hydroxylation is 4. The molecular weight excluding hydrogens is 529 g/mol. The Morgan fingerprint density at radius 2 is 1.35 bits per heavy atom. The summed E-state index contributed by atoms with van der Waals surface area (Å²) in [5.41, 5.74) is 14.8. The van der Waals surface area contributed by atoms with Crippen molar-refractivity contribution in [3.63, 3.8) is 0 Å². The van der Waals surface area contributed by atoms with Gasteiger partial charge in [-0.2, -0.15) is 21.7 Å². The Morgan fingerprint density at radius 3 is 2.05 bits per heavy atom. The van der Waals surface area contributed by atoms with Crippen LogP contribution in [0, 0.1) is 13.8 Å². The molecule has 0 amide bonds. The van der Waals surface area contributed by atoms with Crippen molar-refractivity contribution in [2.75, 3.05) is 11.5 Å². The largest absolute Gasteiger partial charge is 0.426 e. The third-order valence-corrected chi connectivity index (χ3v) is 7.46. The zero-order valence-corrected chi connectivity index (χ0v) is 22.8. The predicted octanol–water partition coefficient (Wildman–Crippen LogP) is 4.58. The lowest BCUT2D eigenvalue weighted by atomic mass is 10.2. The third kappa shape index (κ3) is 8.81. The van der Waals surface area contributed by atoms with Crippen molar-refractivity contribution < 1.29 is 9.47 Å². The van der Waals surface area contributed by atoms with Crippen LogP contribution in [0.3, 0.4) is 0 Å². The van der Waals surface area contributed by atoms with E-state index in [1.54, 1.807) is 11.8 Å². The monoisotopic (exact) mass is 554 g/mol. The normalized spacial score (nSPS) is 12.1. The number of aromatic nitrogens is 4. The molecule has 0 saturated heterocycles. The van der Waals surface area contributed by atoms with Crippen molar-refractivity contribution in [1.82, 2.24) is 20.4 Å². The van der Waals surface area contributed by atoms with Gasteiger partial charge in [0, 0.05) is 12.8 Å². The molecule has 2 aromatic heterocycles. The van der Waals surface area contributed by atoms with E-state index in [9.17, 15) is 0 Å². The summed E-state index contributed by atoms with van der Waals surface area (Å²) in [7, 11) is 0. The van der Waals surface area contributed by atoms with Crippen LogP contribution in [-0.2, 0) is 12.8 Å². The van der Waals surface area contributed by atoms with Gasteiger partial charge in [0.15, 0.2) is 0 Å². The standard InChI is InChI=1S/C24H26N8O2S3/c1-15-3-7-17(8-4-15)27-21(25)34-24-32-30-20(37-24)12-14-35-13-11-19-29-31-23(36-19)28-22(26)33-18-9-5-16(2)6-10-18/h3-10H,11-14H2,1-2H3,(H2,25,27)(H2,26,28,31). The van der Waals surface area contributed by atoms with Crippen LogP contribution in [0.2, 0.25) is 0 Å². The highest BCUT2D eigenvalue weighted by atomic mass is 32.2. The van der Waals surface area contributed by atoms with Gasteiger partial charge in [0.05, 0.1) is 5.69 Å². The van der Waals surface area contributed by atoms with Crippen LogP contribution >= 0.6 is 34.4 Å². The number of hydrogen-bond donors (Lipinski definition) is 2. The van der Waals surface area contributed by atoms with Gasteiger partial charge in [0.1, 0.15) is 15.8 Å². The average molecular weight is 555 g/mol. The third-order valence-electron chi connectivity index (χ3n) is 4.74. The Kier molecular flexibility index (Phi) is 9.40. The number of rotatable bonds is 10. The van der Waals surface area contributed by atoms with Gasteiger partial charge in [0.25, 0.3) is 12.0 Å². The fraction of sp³-hybridized carbons (Fsp3) is 0.250. The molecule has 0 aliphatic heterocycles. The molecule has 4 rings (SSSR count). The SMILES string of the molecule is Cc1ccc(N=C(N)Oc2nnc(CCSCCc3nnc(N=C(N)Oc4ccc(C)cc4)s3)s2)cc1. The van der Waals surface area contributed by atoms with Gasteiger partial charge in [-0.1, -0.05) is 63.2 Å². The number of hydrogen-bond acceptors (Lipinski definition) is 11. The summed E-state index contributed by atoms with van der Waals surface area (Å²) < 4.78 is 11.0. The molecule has 4 N–H and O–H groups in total. The Bertz CT molecular complexity index is 1350. The predicted molar refractivity (Wildman–Crippen MR) is 151 cm³/mol. The molecule has 2 aromatic carbocycles. The zero-order valence-electron chi connectivity index (χ0n) is 20.3. The van der Waals surface area contributed by atoms with Crippen LogP contribution in [-0.4, -0.2) is 43.9 Å². The molecule has 0 saturated carbocycles. The number of nitrogens with two attached hydrogens (primary N) is 2. The summed E-state index contributed by atoms with van der Waals surface area (Å²) in [4.78, 5) is 8.43. The fourth-order valence-corrected chi connectivity index (χ4v) is 5.44. The summed E-state index contributed by atoms with van der Waals surface area (Å²) in [5, 5.41) is 19.1. The molecule has 37 heavy (non-hydrogen) atoms. The van der Waals surface area contributed by atoms with Crippen molar-refractivity contribution in [3.8, 4) is 10.9 Å². The van der Waals surface area contributed by atoms with E-state index in [-0.39, 0.29) is 12.0 Å². The molecule has 0 fully saturated rings. The lowest BCUT2D eigenvalue weighted by molar-refractivity contribution is 0.530. The smallest absolute Gasteiger partial charge is 0.301 e. The minimum atomic E-state index is 0.0320. The van der Waals surface area contributed by atoms with E-state index in [1.165, 1.54) is 22.7 Å². The van der Waals surface area contributed by atoms with E-state index in [0.29, 0.717) is 16.1 Å². The molecule has 0 atom stereocenters. The van der Waals surface area contributed by atoms with Gasteiger partial charge in [-0.15, -0.1) is 15.3 Å². The van der Waals surface area contributed by atoms with Crippen LogP contribution in [0.4, 0.5) is 10.8 Å². The fourth-order valence-electron chi connectivity index (χ4n) is 2.90. The quantitative estimate of drug-likeness (QED) is 0.163. The van der Waals surface area contributed by atoms with Gasteiger partial charge >= 0.3 is 5.19 Å². The Labute approximate surface area is 226 Å². The highest BCUT2D eigenvalue weighted by molar-refractivity contribution is 7.99. The maximum absolute atomic E-state index is 5.88. The molecule has 0 unspecified atom stereocenters. The van der Waals surface area contributed by atoms with E-state index >= 15 is 0 Å². The Morgan fingerprint density at radius 1 is 0.757 bits per heavy atom. The highest BCUT2D eigenvalue weighted by Crippen LogP contribution is 2.23. The van der Waals surface area contributed by atoms with Gasteiger partial charge in [-0.05, 0) is 49.6 Å². The number of ether oxygens (including phenoxy) is 2. The Hall–Kier alpha value is -3.55. The molecule has 13 heteroatoms. The van der Waals surface area contributed by atoms with Crippen LogP contribution in [0.25, 0.3) is 0 Å². The van der Waals surface area contributed by atoms with E-state index in [4.69, 9.17) is 20.9 Å². The van der Waals surface area contributed by atoms with Gasteiger partial charge in [-0.25, -0.2) is 0 Å². The van der Waals surface area contributed by atoms with Crippen LogP contribution in [0.15, 0.2) is 58.5 Å². The van der Waals surface area contributed by atoms with Gasteiger partial charge in [-0.3, -0.25) is 0 Å². The first-order valence-corrected chi connectivity index (χ1v) is 14.1. The second-order valence-corrected chi connectivity index (χ2v) is 11.1. The summed E-state index contributed by atoms with van der Waals surface area (Å²) in [6, 6.07) is 15.3.